The predicted octanol–water partition coefficient (Wildman–Crippen LogP) is 6.45. The number of aliphatic hydroxyl groups excluding tert-OH is 5. The summed E-state index contributed by atoms with van der Waals surface area (Å²) < 4.78 is 710. The maximum absolute atomic E-state index is 8.05. The van der Waals surface area contributed by atoms with Crippen LogP contribution in [0.1, 0.15) is 208 Å². The van der Waals surface area contributed by atoms with Crippen molar-refractivity contribution in [3.63, 3.8) is 0 Å². The number of likely N-dealkylation sites (N-methyl/N-ethyl adjacent to an activating group) is 10. The van der Waals surface area contributed by atoms with Gasteiger partial charge in [-0.25, -0.2) is 0 Å². The number of rotatable bonds is 50. The van der Waals surface area contributed by atoms with Crippen LogP contribution in [-0.2, 0) is 0 Å². The third-order valence-corrected chi connectivity index (χ3v) is 12.1. The Bertz CT molecular complexity index is 8260. The Morgan fingerprint density at radius 2 is 0.483 bits per heavy atom. The summed E-state index contributed by atoms with van der Waals surface area (Å²) in [4.78, 5) is 0. The van der Waals surface area contributed by atoms with Crippen molar-refractivity contribution in [3.8, 4) is 57.5 Å². The summed E-state index contributed by atoms with van der Waals surface area (Å²) in [5.74, 6) is -3.99. The third-order valence-electron chi connectivity index (χ3n) is 12.1. The van der Waals surface area contributed by atoms with Crippen molar-refractivity contribution in [3.05, 3.63) is 298 Å². The van der Waals surface area contributed by atoms with Gasteiger partial charge in [-0.2, -0.15) is 0 Å². The van der Waals surface area contributed by atoms with Crippen LogP contribution in [0.25, 0.3) is 0 Å². The van der Waals surface area contributed by atoms with Gasteiger partial charge in [0.25, 0.3) is 14.3 Å². The number of nitrogens with one attached hydrogen (secondary N) is 10. The Kier molecular flexibility index (Phi) is 16.2. The lowest BCUT2D eigenvalue weighted by Crippen LogP contribution is -2.16. The topological polar surface area (TPSA) is 525 Å². The summed E-state index contributed by atoms with van der Waals surface area (Å²) in [7, 11) is 0. The fourth-order valence-electron chi connectivity index (χ4n) is 7.02. The molecule has 0 fully saturated rings. The van der Waals surface area contributed by atoms with Crippen LogP contribution < -0.4 is 53.1 Å². The van der Waals surface area contributed by atoms with Gasteiger partial charge in [0.2, 0.25) is 14.3 Å². The van der Waals surface area contributed by atoms with Gasteiger partial charge in [-0.3, -0.25) is 0 Å². The molecule has 4 unspecified atom stereocenters. The van der Waals surface area contributed by atoms with Crippen molar-refractivity contribution in [2.45, 2.75) is 60.9 Å². The molecule has 30 nitrogen and oxygen atoms in total. The van der Waals surface area contributed by atoms with Gasteiger partial charge in [0, 0.05) is 117 Å². The minimum atomic E-state index is -3.60. The Hall–Kier alpha value is -10.6. The SMILES string of the molecule is [2H]Oc1c([2H])c([2H])c([2H])c(C(CN([2H])C([2H])([2H])[2H])O[2H])c1[2H].[2H]Oc1c([2H])c([2H])c([2H])c(C(O[2H])C([2H])([2H])N([2H])C([2H])([2H])[2H])c1[2H].[2H]Oc1c([2H])c([2H])c([2H])c(C([2H])(CN([2H])C([2H])([2H])[2H])O[2H])c1[2H].[2H]Oc1c([2H])c([2H])c([2H])c(C([2H])(O[2H])C([2H])([2H])N([2H])C([2H])([2H])[2H])c1[2H].[2H]Oc1c([2H])c([2H])c([2H])c([C@H](CN([2H])C([2H])([2H])[2H])O[2H])c1[2H].[2H]Oc1c([2H])c([2H])c([2H])c([C@]([2H])(CN([2H])C([2H])([2H])[2H])O[2H])c1[2H].[2H]Oc1cccc([C@@H](CN([2H])C([2H])([2H])[2H])O[2H])c1.[2H]Oc1cccc([C@@]([2H])(CN([2H])C([2H])([2H])[2H])O[2H])c1.[2H]Oc1cccc([C@H](O[2H])C([2H])([2H])N([2H])C([2H])([2H])[2H])c1.[2H]Oc1cccc([C@]([2H])(O[2H])C([2H])([2H])N([2H])C([2H])([2H])[2H])c1. The molecule has 0 amide bonds. The molecule has 660 valence electrons. The van der Waals surface area contributed by atoms with Gasteiger partial charge >= 0.3 is 0 Å². The molecule has 10 rings (SSSR count). The van der Waals surface area contributed by atoms with E-state index in [9.17, 15) is 0 Å². The number of phenolic OH excluding ortho intramolecular Hbond substituents is 10. The Labute approximate surface area is 843 Å². The molecule has 0 spiro atoms. The number of benzene rings is 10. The van der Waals surface area contributed by atoms with E-state index in [1.807, 2.05) is 0 Å². The Balaban J connectivity index is 0.00000121. The highest BCUT2D eigenvalue weighted by Crippen LogP contribution is 2.25. The summed E-state index contributed by atoms with van der Waals surface area (Å²) in [6.07, 6.45) is -21.5. The Morgan fingerprint density at radius 3 is 0.800 bits per heavy atom. The van der Waals surface area contributed by atoms with Crippen molar-refractivity contribution in [1.82, 2.24) is 53.1 Å². The zero-order valence-corrected chi connectivity index (χ0v) is 60.5. The van der Waals surface area contributed by atoms with E-state index in [2.05, 4.69) is 102 Å². The minimum Gasteiger partial charge on any atom is -0.508 e. The van der Waals surface area contributed by atoms with E-state index in [4.69, 9.17) is 135 Å². The van der Waals surface area contributed by atoms with Crippen LogP contribution in [0.2, 0.25) is 14.1 Å². The van der Waals surface area contributed by atoms with Crippen LogP contribution in [0.5, 0.6) is 57.5 Å². The zero-order valence-electron chi connectivity index (χ0n) is 158. The van der Waals surface area contributed by atoms with Gasteiger partial charge in [-0.15, -0.1) is 0 Å². The molecule has 10 aromatic carbocycles. The second-order valence-corrected chi connectivity index (χ2v) is 20.6. The quantitative estimate of drug-likeness (QED) is 0.0195. The van der Waals surface area contributed by atoms with Gasteiger partial charge < -0.3 is 155 Å². The average Bonchev–Trinajstić information content (AvgIpc) is 0.720. The number of hydrogen-bond acceptors (Lipinski definition) is 30. The first kappa shape index (κ1) is 30.2. The van der Waals surface area contributed by atoms with Crippen LogP contribution in [0, 0.1) is 0 Å². The third kappa shape index (κ3) is 47.9. The summed E-state index contributed by atoms with van der Waals surface area (Å²) in [5.41, 5.74) is -3.76. The second-order valence-electron chi connectivity index (χ2n) is 20.6. The minimum absolute atomic E-state index is 0.0348. The van der Waals surface area contributed by atoms with Gasteiger partial charge in [0.15, 0.2) is 0 Å². The molecule has 0 saturated heterocycles. The average molecular weight is 1770 g/mol. The number of phenols is 10. The first-order valence-electron chi connectivity index (χ1n) is 77.7. The van der Waals surface area contributed by atoms with Gasteiger partial charge in [0.05, 0.1) is 101 Å². The maximum atomic E-state index is 8.05. The molecule has 0 saturated carbocycles. The van der Waals surface area contributed by atoms with E-state index in [-0.39, 0.29) is 89.2 Å². The lowest BCUT2D eigenvalue weighted by atomic mass is 10.1. The standard InChI is InChI=1S/10C9H13NO2/c10*1-10-6-9(12)7-3-2-4-8(11)5-7/h10*2-5,9-12H,6H2,1H3/t6*9-;;;;/m111100..../s1/i1D3,6D2,9D,12D;1D3,9D,12D;1D3,6D2,12D;1D3,12D;1D3,2D,3D,4D,5D,9D,12D;1D3,2D,3D,4D,5D,12D;1D3,2D,3D,4D,5D,6D2,9D,12D;1D3,2D,3D,4D,5D,9D,12D;1D3,2D,3D,4D,5D,6D2,12D;1D3,2D,3D,4D,5D,12D/hD20. The summed E-state index contributed by atoms with van der Waals surface area (Å²) in [5, 5.41) is 82.5. The van der Waals surface area contributed by atoms with E-state index in [1.54, 1.807) is 18.2 Å². The fraction of sp³-hybridized carbons (Fsp3) is 0.333. The fourth-order valence-corrected chi connectivity index (χ4v) is 7.02. The summed E-state index contributed by atoms with van der Waals surface area (Å²) in [6, 6.07) is 3.54. The molecule has 30 heteroatoms. The van der Waals surface area contributed by atoms with E-state index in [1.165, 1.54) is 72.8 Å². The molecule has 120 heavy (non-hydrogen) atoms. The maximum Gasteiger partial charge on any atom is 0.293 e. The largest absolute Gasteiger partial charge is 0.508 e. The molecular weight excluding hydrogens is 1540 g/mol. The number of aromatic hydroxyl groups is 10. The van der Waals surface area contributed by atoms with Gasteiger partial charge in [-0.05, 0) is 246 Å². The Morgan fingerprint density at radius 1 is 0.250 bits per heavy atom. The zero-order chi connectivity index (χ0) is 170. The molecular formula is C90H130N10O20. The molecule has 10 atom stereocenters. The molecule has 0 aliphatic rings. The first-order valence-corrected chi connectivity index (χ1v) is 31.6. The molecule has 0 heterocycles. The number of hydrogen-bond donors (Lipinski definition) is 30. The van der Waals surface area contributed by atoms with Crippen molar-refractivity contribution >= 4 is 0 Å². The van der Waals surface area contributed by atoms with Crippen LogP contribution in [0.4, 0.5) is 0 Å². The van der Waals surface area contributed by atoms with Gasteiger partial charge in [-0.1, -0.05) is 121 Å². The highest BCUT2D eigenvalue weighted by molar-refractivity contribution is 5.36. The van der Waals surface area contributed by atoms with E-state index < -0.39 is 407 Å². The highest BCUT2D eigenvalue weighted by Gasteiger charge is 2.13. The molecule has 10 aromatic rings. The molecule has 0 aliphatic heterocycles. The number of aliphatic hydroxyl groups is 10. The van der Waals surface area contributed by atoms with Crippen molar-refractivity contribution in [1.29, 1.82) is 28.6 Å². The van der Waals surface area contributed by atoms with Crippen LogP contribution >= 0.6 is 0 Å². The van der Waals surface area contributed by atoms with Gasteiger partial charge in [0.1, 0.15) is 71.6 Å². The van der Waals surface area contributed by atoms with Crippen LogP contribution in [-0.4, -0.2) is 266 Å². The second kappa shape index (κ2) is 64.3. The van der Waals surface area contributed by atoms with Crippen LogP contribution in [0.15, 0.2) is 242 Å². The lowest BCUT2D eigenvalue weighted by molar-refractivity contribution is 0.177. The molecule has 0 radical (unpaired) electrons. The highest BCUT2D eigenvalue weighted by atomic mass is 16.3. The molecule has 0 bridgehead atoms. The van der Waals surface area contributed by atoms with Crippen LogP contribution in [0.3, 0.4) is 0 Å². The van der Waals surface area contributed by atoms with E-state index in [0.717, 1.165) is 6.07 Å². The molecule has 30 N–H and O–H groups in total. The summed E-state index contributed by atoms with van der Waals surface area (Å²) >= 11 is 0. The molecule has 0 aliphatic carbocycles. The normalized spacial score (nSPS) is 27.3. The summed E-state index contributed by atoms with van der Waals surface area (Å²) in [6.45, 7) is -46.7. The van der Waals surface area contributed by atoms with Crippen molar-refractivity contribution in [2.75, 3.05) is 135 Å². The molecule has 0 aromatic heterocycles. The van der Waals surface area contributed by atoms with Crippen molar-refractivity contribution < 1.29 is 208 Å². The smallest absolute Gasteiger partial charge is 0.293 e. The van der Waals surface area contributed by atoms with E-state index in [0.29, 0.717) is 10.9 Å². The first-order chi connectivity index (χ1) is 98.7. The predicted molar refractivity (Wildman–Crippen MR) is 470 cm³/mol. The monoisotopic (exact) mass is 1770 g/mol. The van der Waals surface area contributed by atoms with E-state index >= 15 is 0 Å². The lowest BCUT2D eigenvalue weighted by Gasteiger charge is -2.09. The van der Waals surface area contributed by atoms with Crippen molar-refractivity contribution in [2.24, 2.45) is 0 Å².